The average molecular weight is 368 g/mol. The van der Waals surface area contributed by atoms with Gasteiger partial charge in [0.15, 0.2) is 5.82 Å². The van der Waals surface area contributed by atoms with Crippen LogP contribution < -0.4 is 0 Å². The number of benzene rings is 1. The number of ether oxygens (including phenoxy) is 1. The fourth-order valence-corrected chi connectivity index (χ4v) is 3.17. The molecule has 2 heterocycles. The number of aryl methyl sites for hydroxylation is 2. The van der Waals surface area contributed by atoms with Crippen molar-refractivity contribution in [1.29, 1.82) is 0 Å². The molecule has 0 saturated heterocycles. The Balaban J connectivity index is 1.96. The summed E-state index contributed by atoms with van der Waals surface area (Å²) in [7, 11) is 0. The molecule has 0 bridgehead atoms. The van der Waals surface area contributed by atoms with Crippen molar-refractivity contribution in [3.63, 3.8) is 0 Å². The summed E-state index contributed by atoms with van der Waals surface area (Å²) in [6.07, 6.45) is 4.61. The van der Waals surface area contributed by atoms with E-state index in [2.05, 4.69) is 21.1 Å². The minimum atomic E-state index is -0.432. The number of nitrogens with zero attached hydrogens (tertiary/aromatic N) is 4. The maximum atomic E-state index is 12.4. The monoisotopic (exact) mass is 368 g/mol. The van der Waals surface area contributed by atoms with Gasteiger partial charge in [-0.3, -0.25) is 0 Å². The lowest BCUT2D eigenvalue weighted by Crippen LogP contribution is -2.13. The molecule has 0 aliphatic carbocycles. The molecular formula is C19H20N4O2S. The van der Waals surface area contributed by atoms with Gasteiger partial charge in [0.1, 0.15) is 16.9 Å². The lowest BCUT2D eigenvalue weighted by Gasteiger charge is -2.09. The highest BCUT2D eigenvalue weighted by Gasteiger charge is 2.18. The predicted octanol–water partition coefficient (Wildman–Crippen LogP) is 3.97. The van der Waals surface area contributed by atoms with Crippen LogP contribution in [0.15, 0.2) is 36.1 Å². The van der Waals surface area contributed by atoms with Crippen LogP contribution in [0.5, 0.6) is 0 Å². The Bertz CT molecular complexity index is 922. The molecule has 0 N–H and O–H groups in total. The van der Waals surface area contributed by atoms with Gasteiger partial charge in [0.25, 0.3) is 0 Å². The van der Waals surface area contributed by atoms with Crippen molar-refractivity contribution in [2.75, 3.05) is 0 Å². The van der Waals surface area contributed by atoms with Gasteiger partial charge in [0.05, 0.1) is 6.10 Å². The summed E-state index contributed by atoms with van der Waals surface area (Å²) >= 11 is 1.37. The Kier molecular flexibility index (Phi) is 5.27. The van der Waals surface area contributed by atoms with Gasteiger partial charge in [0, 0.05) is 23.3 Å². The van der Waals surface area contributed by atoms with E-state index in [1.54, 1.807) is 18.7 Å². The zero-order chi connectivity index (χ0) is 18.7. The number of carbonyl (C=O) groups is 1. The van der Waals surface area contributed by atoms with E-state index in [1.165, 1.54) is 16.0 Å². The number of aromatic nitrogens is 4. The maximum absolute atomic E-state index is 12.4. The third-order valence-corrected chi connectivity index (χ3v) is 4.28. The molecule has 0 aliphatic rings. The molecule has 1 aromatic carbocycles. The summed E-state index contributed by atoms with van der Waals surface area (Å²) in [5.74, 6) is 0.169. The molecule has 134 valence electrons. The van der Waals surface area contributed by atoms with Gasteiger partial charge < -0.3 is 4.74 Å². The second-order valence-electron chi connectivity index (χ2n) is 6.26. The SMILES string of the molecule is Cc1cc(C)cc(-c2ncn(/C=C(\C(=O)OC(C)C)c3nccs3)n2)c1. The van der Waals surface area contributed by atoms with Crippen LogP contribution in [0.2, 0.25) is 0 Å². The molecule has 3 aromatic rings. The highest BCUT2D eigenvalue weighted by atomic mass is 32.1. The highest BCUT2D eigenvalue weighted by molar-refractivity contribution is 7.11. The molecule has 7 heteroatoms. The fraction of sp³-hybridized carbons (Fsp3) is 0.263. The van der Waals surface area contributed by atoms with Gasteiger partial charge in [-0.25, -0.2) is 19.4 Å². The zero-order valence-corrected chi connectivity index (χ0v) is 15.9. The number of carbonyl (C=O) groups excluding carboxylic acids is 1. The van der Waals surface area contributed by atoms with Crippen LogP contribution in [-0.2, 0) is 9.53 Å². The molecule has 0 amide bonds. The normalized spacial score (nSPS) is 11.8. The minimum Gasteiger partial charge on any atom is -0.459 e. The van der Waals surface area contributed by atoms with Crippen LogP contribution in [0.25, 0.3) is 23.2 Å². The van der Waals surface area contributed by atoms with E-state index >= 15 is 0 Å². The van der Waals surface area contributed by atoms with Gasteiger partial charge in [-0.15, -0.1) is 16.4 Å². The van der Waals surface area contributed by atoms with Crippen molar-refractivity contribution >= 4 is 29.1 Å². The van der Waals surface area contributed by atoms with Crippen LogP contribution in [0.4, 0.5) is 0 Å². The van der Waals surface area contributed by atoms with Gasteiger partial charge in [0.2, 0.25) is 0 Å². The van der Waals surface area contributed by atoms with Crippen molar-refractivity contribution in [1.82, 2.24) is 19.7 Å². The standard InChI is InChI=1S/C19H20N4O2S/c1-12(2)25-19(24)16(18-20-5-6-26-18)10-23-11-21-17(22-23)15-8-13(3)7-14(4)9-15/h5-12H,1-4H3/b16-10-. The number of hydrogen-bond donors (Lipinski definition) is 0. The lowest BCUT2D eigenvalue weighted by molar-refractivity contribution is -0.140. The van der Waals surface area contributed by atoms with Crippen LogP contribution in [0.1, 0.15) is 30.0 Å². The Morgan fingerprint density at radius 3 is 2.54 bits per heavy atom. The summed E-state index contributed by atoms with van der Waals surface area (Å²) in [5, 5.41) is 6.87. The third-order valence-electron chi connectivity index (χ3n) is 3.48. The second kappa shape index (κ2) is 7.61. The maximum Gasteiger partial charge on any atom is 0.343 e. The molecule has 2 aromatic heterocycles. The number of esters is 1. The highest BCUT2D eigenvalue weighted by Crippen LogP contribution is 2.22. The summed E-state index contributed by atoms with van der Waals surface area (Å²) < 4.78 is 6.85. The van der Waals surface area contributed by atoms with Gasteiger partial charge in [-0.2, -0.15) is 0 Å². The van der Waals surface area contributed by atoms with E-state index in [9.17, 15) is 4.79 Å². The Morgan fingerprint density at radius 2 is 1.92 bits per heavy atom. The Labute approximate surface area is 156 Å². The molecule has 0 saturated carbocycles. The molecular weight excluding hydrogens is 348 g/mol. The third kappa shape index (κ3) is 4.23. The van der Waals surface area contributed by atoms with Crippen LogP contribution in [-0.4, -0.2) is 31.8 Å². The molecule has 0 fully saturated rings. The number of thiazole rings is 1. The average Bonchev–Trinajstić information content (AvgIpc) is 3.22. The first-order valence-corrected chi connectivity index (χ1v) is 9.13. The molecule has 0 aliphatic heterocycles. The van der Waals surface area contributed by atoms with Crippen molar-refractivity contribution in [3.05, 3.63) is 52.2 Å². The first-order valence-electron chi connectivity index (χ1n) is 8.25. The first kappa shape index (κ1) is 18.0. The fourth-order valence-electron chi connectivity index (χ4n) is 2.53. The second-order valence-corrected chi connectivity index (χ2v) is 7.15. The molecule has 0 unspecified atom stereocenters. The molecule has 0 atom stereocenters. The van der Waals surface area contributed by atoms with Crippen molar-refractivity contribution in [2.24, 2.45) is 0 Å². The quantitative estimate of drug-likeness (QED) is 0.503. The van der Waals surface area contributed by atoms with E-state index in [0.717, 1.165) is 16.7 Å². The predicted molar refractivity (Wildman–Crippen MR) is 102 cm³/mol. The molecule has 26 heavy (non-hydrogen) atoms. The molecule has 0 spiro atoms. The topological polar surface area (TPSA) is 69.9 Å². The van der Waals surface area contributed by atoms with Crippen LogP contribution in [0.3, 0.4) is 0 Å². The minimum absolute atomic E-state index is 0.215. The smallest absolute Gasteiger partial charge is 0.343 e. The molecule has 0 radical (unpaired) electrons. The Morgan fingerprint density at radius 1 is 1.19 bits per heavy atom. The molecule has 3 rings (SSSR count). The summed E-state index contributed by atoms with van der Waals surface area (Å²) in [6, 6.07) is 6.17. The number of hydrogen-bond acceptors (Lipinski definition) is 6. The number of rotatable bonds is 5. The Hall–Kier alpha value is -2.80. The lowest BCUT2D eigenvalue weighted by atomic mass is 10.1. The summed E-state index contributed by atoms with van der Waals surface area (Å²) in [5.41, 5.74) is 3.59. The van der Waals surface area contributed by atoms with E-state index < -0.39 is 5.97 Å². The van der Waals surface area contributed by atoms with Crippen molar-refractivity contribution in [2.45, 2.75) is 33.8 Å². The largest absolute Gasteiger partial charge is 0.459 e. The van der Waals surface area contributed by atoms with E-state index in [1.807, 2.05) is 45.2 Å². The molecule has 6 nitrogen and oxygen atoms in total. The van der Waals surface area contributed by atoms with Crippen molar-refractivity contribution < 1.29 is 9.53 Å². The first-order chi connectivity index (χ1) is 12.4. The van der Waals surface area contributed by atoms with Gasteiger partial charge >= 0.3 is 5.97 Å². The van der Waals surface area contributed by atoms with Crippen molar-refractivity contribution in [3.8, 4) is 11.4 Å². The van der Waals surface area contributed by atoms with E-state index in [4.69, 9.17) is 4.74 Å². The van der Waals surface area contributed by atoms with Crippen LogP contribution >= 0.6 is 11.3 Å². The summed E-state index contributed by atoms with van der Waals surface area (Å²) in [4.78, 5) is 21.0. The summed E-state index contributed by atoms with van der Waals surface area (Å²) in [6.45, 7) is 7.70. The van der Waals surface area contributed by atoms with Crippen LogP contribution in [0, 0.1) is 13.8 Å². The van der Waals surface area contributed by atoms with E-state index in [-0.39, 0.29) is 6.10 Å². The zero-order valence-electron chi connectivity index (χ0n) is 15.1. The van der Waals surface area contributed by atoms with E-state index in [0.29, 0.717) is 16.4 Å². The van der Waals surface area contributed by atoms with Gasteiger partial charge in [-0.1, -0.05) is 17.2 Å². The van der Waals surface area contributed by atoms with Gasteiger partial charge in [-0.05, 0) is 39.8 Å².